The van der Waals surface area contributed by atoms with Crippen LogP contribution in [0.1, 0.15) is 41.5 Å². The van der Waals surface area contributed by atoms with Crippen molar-refractivity contribution in [1.29, 1.82) is 0 Å². The van der Waals surface area contributed by atoms with E-state index in [1.807, 2.05) is 0 Å². The van der Waals surface area contributed by atoms with Crippen molar-refractivity contribution in [2.75, 3.05) is 20.3 Å². The molecule has 2 saturated heterocycles. The van der Waals surface area contributed by atoms with Gasteiger partial charge in [0, 0.05) is 48.7 Å². The molecule has 40 heavy (non-hydrogen) atoms. The maximum atomic E-state index is 12.1. The van der Waals surface area contributed by atoms with Gasteiger partial charge in [-0.05, 0) is 0 Å². The summed E-state index contributed by atoms with van der Waals surface area (Å²) >= 11 is 0. The zero-order chi connectivity index (χ0) is 30.1. The minimum atomic E-state index is -1.64. The van der Waals surface area contributed by atoms with Gasteiger partial charge in [-0.25, -0.2) is 0 Å². The Balaban J connectivity index is 2.56. The zero-order valence-corrected chi connectivity index (χ0v) is 23.1. The van der Waals surface area contributed by atoms with Crippen molar-refractivity contribution >= 4 is 35.8 Å². The van der Waals surface area contributed by atoms with Crippen molar-refractivity contribution in [3.05, 3.63) is 0 Å². The molecule has 2 aliphatic heterocycles. The van der Waals surface area contributed by atoms with Crippen LogP contribution in [0.4, 0.5) is 0 Å². The molecule has 9 atom stereocenters. The fraction of sp³-hybridized carbons (Fsp3) is 0.750. The number of rotatable bonds is 10. The van der Waals surface area contributed by atoms with Crippen LogP contribution in [0.2, 0.25) is 0 Å². The molecule has 0 aromatic rings. The fourth-order valence-electron chi connectivity index (χ4n) is 4.19. The Labute approximate surface area is 229 Å². The molecular formula is C24H34O16. The molecule has 0 unspecified atom stereocenters. The molecule has 226 valence electrons. The van der Waals surface area contributed by atoms with Gasteiger partial charge < -0.3 is 47.4 Å². The number of hydrogen-bond acceptors (Lipinski definition) is 16. The first-order valence-corrected chi connectivity index (χ1v) is 12.2. The van der Waals surface area contributed by atoms with Gasteiger partial charge in [0.05, 0.1) is 6.61 Å². The summed E-state index contributed by atoms with van der Waals surface area (Å²) in [5, 5.41) is 0. The van der Waals surface area contributed by atoms with Gasteiger partial charge in [0.1, 0.15) is 12.7 Å². The molecule has 0 saturated carbocycles. The van der Waals surface area contributed by atoms with Crippen LogP contribution in [0.15, 0.2) is 0 Å². The summed E-state index contributed by atoms with van der Waals surface area (Å²) in [6, 6.07) is 0. The van der Waals surface area contributed by atoms with Crippen LogP contribution in [0.3, 0.4) is 0 Å². The first-order valence-electron chi connectivity index (χ1n) is 12.2. The number of carbonyl (C=O) groups excluding carboxylic acids is 6. The first-order chi connectivity index (χ1) is 18.7. The summed E-state index contributed by atoms with van der Waals surface area (Å²) in [5.41, 5.74) is 0. The first kappa shape index (κ1) is 32.9. The Morgan fingerprint density at radius 3 is 1.60 bits per heavy atom. The summed E-state index contributed by atoms with van der Waals surface area (Å²) in [6.07, 6.45) is -12.4. The number of methoxy groups -OCH3 is 1. The Hall–Kier alpha value is -3.34. The fourth-order valence-corrected chi connectivity index (χ4v) is 4.19. The van der Waals surface area contributed by atoms with Crippen molar-refractivity contribution in [1.82, 2.24) is 0 Å². The predicted molar refractivity (Wildman–Crippen MR) is 125 cm³/mol. The van der Waals surface area contributed by atoms with Crippen LogP contribution < -0.4 is 0 Å². The number of esters is 6. The molecule has 0 aliphatic carbocycles. The summed E-state index contributed by atoms with van der Waals surface area (Å²) in [6.45, 7) is 5.88. The molecule has 2 fully saturated rings. The van der Waals surface area contributed by atoms with Crippen LogP contribution in [0.5, 0.6) is 0 Å². The molecule has 0 radical (unpaired) electrons. The highest BCUT2D eigenvalue weighted by Gasteiger charge is 2.56. The zero-order valence-electron chi connectivity index (χ0n) is 23.1. The van der Waals surface area contributed by atoms with E-state index in [1.165, 1.54) is 7.11 Å². The van der Waals surface area contributed by atoms with E-state index < -0.39 is 97.7 Å². The average molecular weight is 579 g/mol. The summed E-state index contributed by atoms with van der Waals surface area (Å²) in [7, 11) is 1.27. The third kappa shape index (κ3) is 9.39. The van der Waals surface area contributed by atoms with Crippen molar-refractivity contribution in [3.63, 3.8) is 0 Å². The molecule has 0 amide bonds. The quantitative estimate of drug-likeness (QED) is 0.233. The Bertz CT molecular complexity index is 949. The number of hydrogen-bond donors (Lipinski definition) is 0. The maximum absolute atomic E-state index is 12.1. The molecular weight excluding hydrogens is 544 g/mol. The smallest absolute Gasteiger partial charge is 0.303 e. The summed E-state index contributed by atoms with van der Waals surface area (Å²) in [5.74, 6) is -4.65. The SMILES string of the molecule is CO[C@@H]1OC[C@@H](OC(C)=O)[C@H](OC(C)=O)[C@H]1O[C@@H]1O[C@H](COC(C)=O)[C@@H](OC(C)=O)[C@H](OC(C)=O)[C@H]1OC(C)=O. The second-order valence-corrected chi connectivity index (χ2v) is 8.83. The van der Waals surface area contributed by atoms with Gasteiger partial charge in [-0.2, -0.15) is 0 Å². The van der Waals surface area contributed by atoms with Gasteiger partial charge in [0.25, 0.3) is 0 Å². The highest BCUT2D eigenvalue weighted by atomic mass is 16.8. The third-order valence-electron chi connectivity index (χ3n) is 5.47. The Morgan fingerprint density at radius 2 is 1.10 bits per heavy atom. The van der Waals surface area contributed by atoms with Gasteiger partial charge in [0.2, 0.25) is 0 Å². The molecule has 16 heteroatoms. The summed E-state index contributed by atoms with van der Waals surface area (Å²) in [4.78, 5) is 71.2. The van der Waals surface area contributed by atoms with Gasteiger partial charge >= 0.3 is 35.8 Å². The van der Waals surface area contributed by atoms with Gasteiger partial charge in [-0.15, -0.1) is 0 Å². The molecule has 0 N–H and O–H groups in total. The Kier molecular flexibility index (Phi) is 12.2. The van der Waals surface area contributed by atoms with E-state index in [-0.39, 0.29) is 6.61 Å². The van der Waals surface area contributed by atoms with Gasteiger partial charge in [-0.3, -0.25) is 28.8 Å². The third-order valence-corrected chi connectivity index (χ3v) is 5.47. The maximum Gasteiger partial charge on any atom is 0.303 e. The van der Waals surface area contributed by atoms with Crippen molar-refractivity contribution in [3.8, 4) is 0 Å². The standard InChI is InChI=1S/C24H34O16/c1-10(25)32-8-17-18(35-12(3)27)20(37-14(5)29)22(38-15(6)30)24(39-17)40-21-19(36-13(4)28)16(34-11(2)26)9-33-23(21)31-7/h16-24H,8-9H2,1-7H3/t16-,17-,18-,19+,20+,21-,22-,23-,24+/m1/s1. The molecule has 0 aromatic heterocycles. The molecule has 2 heterocycles. The topological polar surface area (TPSA) is 195 Å². The minimum Gasteiger partial charge on any atom is -0.463 e. The van der Waals surface area contributed by atoms with Crippen LogP contribution >= 0.6 is 0 Å². The average Bonchev–Trinajstić information content (AvgIpc) is 2.82. The number of ether oxygens (including phenoxy) is 10. The van der Waals surface area contributed by atoms with Crippen LogP contribution in [-0.2, 0) is 76.1 Å². The van der Waals surface area contributed by atoms with E-state index in [4.69, 9.17) is 47.4 Å². The van der Waals surface area contributed by atoms with Crippen LogP contribution in [0.25, 0.3) is 0 Å². The van der Waals surface area contributed by atoms with E-state index in [0.29, 0.717) is 0 Å². The largest absolute Gasteiger partial charge is 0.463 e. The number of carbonyl (C=O) groups is 6. The minimum absolute atomic E-state index is 0.228. The lowest BCUT2D eigenvalue weighted by molar-refractivity contribution is -0.356. The second-order valence-electron chi connectivity index (χ2n) is 8.83. The van der Waals surface area contributed by atoms with Gasteiger partial charge in [0.15, 0.2) is 49.2 Å². The van der Waals surface area contributed by atoms with Crippen molar-refractivity contribution < 1.29 is 76.1 Å². The van der Waals surface area contributed by atoms with E-state index in [1.54, 1.807) is 0 Å². The van der Waals surface area contributed by atoms with E-state index in [0.717, 1.165) is 41.5 Å². The lowest BCUT2D eigenvalue weighted by Crippen LogP contribution is -2.65. The van der Waals surface area contributed by atoms with Crippen molar-refractivity contribution in [2.45, 2.75) is 96.9 Å². The van der Waals surface area contributed by atoms with Gasteiger partial charge in [-0.1, -0.05) is 0 Å². The predicted octanol–water partition coefficient (Wildman–Crippen LogP) is -0.679. The monoisotopic (exact) mass is 578 g/mol. The molecule has 0 bridgehead atoms. The lowest BCUT2D eigenvalue weighted by Gasteiger charge is -2.47. The highest BCUT2D eigenvalue weighted by molar-refractivity contribution is 5.69. The normalized spacial score (nSPS) is 31.7. The Morgan fingerprint density at radius 1 is 0.600 bits per heavy atom. The van der Waals surface area contributed by atoms with E-state index in [9.17, 15) is 28.8 Å². The molecule has 0 aromatic carbocycles. The lowest BCUT2D eigenvalue weighted by atomic mass is 9.97. The molecule has 0 spiro atoms. The highest BCUT2D eigenvalue weighted by Crippen LogP contribution is 2.33. The molecule has 2 aliphatic rings. The molecule has 2 rings (SSSR count). The second kappa shape index (κ2) is 14.9. The van der Waals surface area contributed by atoms with E-state index >= 15 is 0 Å². The van der Waals surface area contributed by atoms with Crippen molar-refractivity contribution in [2.24, 2.45) is 0 Å². The molecule has 16 nitrogen and oxygen atoms in total. The summed E-state index contributed by atoms with van der Waals surface area (Å²) < 4.78 is 54.7. The van der Waals surface area contributed by atoms with E-state index in [2.05, 4.69) is 0 Å². The van der Waals surface area contributed by atoms with Crippen LogP contribution in [0, 0.1) is 0 Å². The van der Waals surface area contributed by atoms with Crippen LogP contribution in [-0.4, -0.2) is 111 Å².